The Morgan fingerprint density at radius 2 is 1.65 bits per heavy atom. The Bertz CT molecular complexity index is 889. The van der Waals surface area contributed by atoms with Gasteiger partial charge in [0, 0.05) is 31.9 Å². The van der Waals surface area contributed by atoms with Crippen LogP contribution in [0.1, 0.15) is 17.5 Å². The molecule has 3 heterocycles. The van der Waals surface area contributed by atoms with Crippen LogP contribution in [0, 0.1) is 0 Å². The zero-order chi connectivity index (χ0) is 21.6. The number of anilines is 3. The highest BCUT2D eigenvalue weighted by atomic mass is 16.5. The van der Waals surface area contributed by atoms with Gasteiger partial charge < -0.3 is 34.3 Å². The molecule has 31 heavy (non-hydrogen) atoms. The minimum Gasteiger partial charge on any atom is -0.459 e. The van der Waals surface area contributed by atoms with Crippen LogP contribution in [0.25, 0.3) is 0 Å². The van der Waals surface area contributed by atoms with Crippen molar-refractivity contribution in [3.8, 4) is 0 Å². The molecule has 2 amide bonds. The van der Waals surface area contributed by atoms with Crippen LogP contribution in [0.15, 0.2) is 41.0 Å². The van der Waals surface area contributed by atoms with E-state index in [1.807, 2.05) is 12.1 Å². The summed E-state index contributed by atoms with van der Waals surface area (Å²) in [6.07, 6.45) is 1.42. The molecule has 2 aliphatic heterocycles. The van der Waals surface area contributed by atoms with E-state index in [1.165, 1.54) is 6.26 Å². The fourth-order valence-electron chi connectivity index (χ4n) is 3.69. The third-order valence-corrected chi connectivity index (χ3v) is 5.45. The number of benzene rings is 1. The van der Waals surface area contributed by atoms with Crippen LogP contribution in [-0.2, 0) is 14.3 Å². The summed E-state index contributed by atoms with van der Waals surface area (Å²) >= 11 is 0. The highest BCUT2D eigenvalue weighted by Gasteiger charge is 2.22. The van der Waals surface area contributed by atoms with Gasteiger partial charge in [0.05, 0.1) is 44.1 Å². The van der Waals surface area contributed by atoms with E-state index < -0.39 is 11.9 Å². The molecule has 0 radical (unpaired) electrons. The van der Waals surface area contributed by atoms with Crippen LogP contribution < -0.4 is 20.4 Å². The van der Waals surface area contributed by atoms with Gasteiger partial charge in [-0.05, 0) is 37.3 Å². The summed E-state index contributed by atoms with van der Waals surface area (Å²) in [6.45, 7) is 7.52. The van der Waals surface area contributed by atoms with E-state index >= 15 is 0 Å². The molecule has 0 bridgehead atoms. The van der Waals surface area contributed by atoms with Gasteiger partial charge in [-0.2, -0.15) is 0 Å². The molecule has 0 aliphatic carbocycles. The molecule has 2 N–H and O–H groups in total. The maximum Gasteiger partial charge on any atom is 0.287 e. The van der Waals surface area contributed by atoms with E-state index in [1.54, 1.807) is 19.1 Å². The van der Waals surface area contributed by atoms with Crippen molar-refractivity contribution in [1.82, 2.24) is 5.32 Å². The molecule has 166 valence electrons. The van der Waals surface area contributed by atoms with Crippen LogP contribution in [0.5, 0.6) is 0 Å². The monoisotopic (exact) mass is 428 g/mol. The quantitative estimate of drug-likeness (QED) is 0.723. The van der Waals surface area contributed by atoms with Gasteiger partial charge in [0.15, 0.2) is 5.76 Å². The molecule has 0 saturated carbocycles. The number of rotatable bonds is 6. The first kappa shape index (κ1) is 21.2. The molecule has 1 atom stereocenters. The number of furan rings is 1. The number of nitrogens with zero attached hydrogens (tertiary/aromatic N) is 2. The van der Waals surface area contributed by atoms with Gasteiger partial charge in [0.25, 0.3) is 5.91 Å². The van der Waals surface area contributed by atoms with Crippen molar-refractivity contribution in [2.24, 2.45) is 0 Å². The summed E-state index contributed by atoms with van der Waals surface area (Å²) in [5, 5.41) is 5.64. The number of carbonyl (C=O) groups excluding carboxylic acids is 2. The van der Waals surface area contributed by atoms with Crippen molar-refractivity contribution >= 4 is 28.9 Å². The number of morpholine rings is 2. The summed E-state index contributed by atoms with van der Waals surface area (Å²) in [7, 11) is 0. The molecular formula is C22H28N4O5. The summed E-state index contributed by atoms with van der Waals surface area (Å²) < 4.78 is 16.0. The van der Waals surface area contributed by atoms with Crippen LogP contribution in [-0.4, -0.2) is 70.5 Å². The van der Waals surface area contributed by atoms with Crippen LogP contribution in [0.2, 0.25) is 0 Å². The third kappa shape index (κ3) is 5.18. The highest BCUT2D eigenvalue weighted by Crippen LogP contribution is 2.32. The van der Waals surface area contributed by atoms with E-state index in [2.05, 4.69) is 26.5 Å². The molecule has 2 aliphatic rings. The summed E-state index contributed by atoms with van der Waals surface area (Å²) in [5.74, 6) is -0.555. The molecule has 4 rings (SSSR count). The number of nitrogens with one attached hydrogen (secondary N) is 2. The Hall–Kier alpha value is -3.04. The van der Waals surface area contributed by atoms with Gasteiger partial charge in [0.1, 0.15) is 6.04 Å². The number of hydrogen-bond donors (Lipinski definition) is 2. The molecule has 1 aromatic heterocycles. The van der Waals surface area contributed by atoms with Gasteiger partial charge >= 0.3 is 0 Å². The molecule has 9 nitrogen and oxygen atoms in total. The van der Waals surface area contributed by atoms with E-state index in [9.17, 15) is 9.59 Å². The molecule has 2 fully saturated rings. The fourth-order valence-corrected chi connectivity index (χ4v) is 3.69. The Balaban J connectivity index is 1.50. The van der Waals surface area contributed by atoms with Crippen LogP contribution >= 0.6 is 0 Å². The Morgan fingerprint density at radius 3 is 2.29 bits per heavy atom. The predicted molar refractivity (Wildman–Crippen MR) is 117 cm³/mol. The summed E-state index contributed by atoms with van der Waals surface area (Å²) in [5.41, 5.74) is 2.76. The zero-order valence-electron chi connectivity index (χ0n) is 17.6. The first-order chi connectivity index (χ1) is 15.1. The number of hydrogen-bond acceptors (Lipinski definition) is 7. The van der Waals surface area contributed by atoms with Crippen molar-refractivity contribution in [3.63, 3.8) is 0 Å². The Kier molecular flexibility index (Phi) is 6.73. The highest BCUT2D eigenvalue weighted by molar-refractivity contribution is 6.01. The predicted octanol–water partition coefficient (Wildman–Crippen LogP) is 1.71. The normalized spacial score (nSPS) is 17.8. The Labute approximate surface area is 181 Å². The molecule has 1 aromatic carbocycles. The second kappa shape index (κ2) is 9.84. The number of ether oxygens (including phenoxy) is 2. The second-order valence-electron chi connectivity index (χ2n) is 7.56. The molecule has 1 unspecified atom stereocenters. The molecule has 0 spiro atoms. The lowest BCUT2D eigenvalue weighted by molar-refractivity contribution is -0.117. The zero-order valence-corrected chi connectivity index (χ0v) is 17.6. The van der Waals surface area contributed by atoms with Crippen LogP contribution in [0.4, 0.5) is 17.1 Å². The van der Waals surface area contributed by atoms with Crippen molar-refractivity contribution in [1.29, 1.82) is 0 Å². The molecular weight excluding hydrogens is 400 g/mol. The minimum absolute atomic E-state index is 0.170. The van der Waals surface area contributed by atoms with E-state index in [0.717, 1.165) is 37.6 Å². The number of amides is 2. The fraction of sp³-hybridized carbons (Fsp3) is 0.455. The summed E-state index contributed by atoms with van der Waals surface area (Å²) in [4.78, 5) is 29.5. The van der Waals surface area contributed by atoms with Crippen LogP contribution in [0.3, 0.4) is 0 Å². The maximum atomic E-state index is 12.8. The van der Waals surface area contributed by atoms with E-state index in [4.69, 9.17) is 13.9 Å². The van der Waals surface area contributed by atoms with Gasteiger partial charge in [-0.1, -0.05) is 0 Å². The van der Waals surface area contributed by atoms with Gasteiger partial charge in [-0.15, -0.1) is 0 Å². The minimum atomic E-state index is -0.728. The van der Waals surface area contributed by atoms with Crippen molar-refractivity contribution < 1.29 is 23.5 Å². The lowest BCUT2D eigenvalue weighted by Crippen LogP contribution is -2.42. The SMILES string of the molecule is CC(NC(=O)c1ccco1)C(=O)Nc1ccc(N2CCOCC2)cc1N1CCOCC1. The molecule has 9 heteroatoms. The maximum absolute atomic E-state index is 12.8. The van der Waals surface area contributed by atoms with E-state index in [-0.39, 0.29) is 11.7 Å². The second-order valence-corrected chi connectivity index (χ2v) is 7.56. The Morgan fingerprint density at radius 1 is 0.968 bits per heavy atom. The largest absolute Gasteiger partial charge is 0.459 e. The van der Waals surface area contributed by atoms with Crippen molar-refractivity contribution in [2.45, 2.75) is 13.0 Å². The average molecular weight is 428 g/mol. The lowest BCUT2D eigenvalue weighted by atomic mass is 10.1. The molecule has 2 saturated heterocycles. The van der Waals surface area contributed by atoms with Gasteiger partial charge in [0.2, 0.25) is 5.91 Å². The van der Waals surface area contributed by atoms with Crippen molar-refractivity contribution in [2.75, 3.05) is 67.7 Å². The van der Waals surface area contributed by atoms with Gasteiger partial charge in [-0.3, -0.25) is 9.59 Å². The topological polar surface area (TPSA) is 96.3 Å². The molecule has 2 aromatic rings. The first-order valence-corrected chi connectivity index (χ1v) is 10.6. The number of carbonyl (C=O) groups is 2. The third-order valence-electron chi connectivity index (χ3n) is 5.45. The summed E-state index contributed by atoms with van der Waals surface area (Å²) in [6, 6.07) is 8.50. The first-order valence-electron chi connectivity index (χ1n) is 10.6. The smallest absolute Gasteiger partial charge is 0.287 e. The van der Waals surface area contributed by atoms with Gasteiger partial charge in [-0.25, -0.2) is 0 Å². The average Bonchev–Trinajstić information content (AvgIpc) is 3.36. The lowest BCUT2D eigenvalue weighted by Gasteiger charge is -2.33. The standard InChI is InChI=1S/C22H28N4O5/c1-16(23-22(28)20-3-2-10-31-20)21(27)24-18-5-4-17(25-6-11-29-12-7-25)15-19(18)26-8-13-30-14-9-26/h2-5,10,15-16H,6-9,11-14H2,1H3,(H,23,28)(H,24,27). The van der Waals surface area contributed by atoms with Crippen molar-refractivity contribution in [3.05, 3.63) is 42.4 Å². The van der Waals surface area contributed by atoms with E-state index in [0.29, 0.717) is 32.1 Å².